The number of carbonyl (C=O) groups excluding carboxylic acids is 4. The van der Waals surface area contributed by atoms with Crippen molar-refractivity contribution in [3.8, 4) is 11.1 Å². The van der Waals surface area contributed by atoms with E-state index in [9.17, 15) is 19.2 Å². The Labute approximate surface area is 161 Å². The first-order valence-corrected chi connectivity index (χ1v) is 9.14. The van der Waals surface area contributed by atoms with E-state index in [0.717, 1.165) is 28.0 Å². The third kappa shape index (κ3) is 2.99. The van der Waals surface area contributed by atoms with Crippen LogP contribution in [0, 0.1) is 0 Å². The minimum atomic E-state index is -0.955. The van der Waals surface area contributed by atoms with Crippen molar-refractivity contribution in [1.82, 2.24) is 10.2 Å². The lowest BCUT2D eigenvalue weighted by Gasteiger charge is -2.27. The second kappa shape index (κ2) is 7.01. The van der Waals surface area contributed by atoms with Gasteiger partial charge in [0.2, 0.25) is 11.8 Å². The summed E-state index contributed by atoms with van der Waals surface area (Å²) in [7, 11) is 0. The zero-order valence-electron chi connectivity index (χ0n) is 15.1. The Morgan fingerprint density at radius 1 is 0.929 bits per heavy atom. The molecule has 0 radical (unpaired) electrons. The van der Waals surface area contributed by atoms with E-state index < -0.39 is 29.7 Å². The molecule has 4 amide bonds. The largest absolute Gasteiger partial charge is 0.330 e. The van der Waals surface area contributed by atoms with E-state index in [4.69, 9.17) is 5.73 Å². The molecule has 0 saturated carbocycles. The number of nitrogens with one attached hydrogen (secondary N) is 1. The van der Waals surface area contributed by atoms with E-state index in [1.807, 2.05) is 24.3 Å². The molecule has 3 N–H and O–H groups in total. The zero-order valence-corrected chi connectivity index (χ0v) is 15.1. The van der Waals surface area contributed by atoms with Crippen LogP contribution in [0.4, 0.5) is 0 Å². The molecular formula is C21H19N3O4. The standard InChI is InChI=1S/C21H19N3O4/c22-10-9-12-1-3-13(4-2-12)14-5-6-15-16(11-14)21(28)24(20(15)27)17-7-8-18(25)23-19(17)26/h1-6,11,17H,7-10,22H2,(H,23,25,26). The third-order valence-electron chi connectivity index (χ3n) is 5.16. The predicted molar refractivity (Wildman–Crippen MR) is 101 cm³/mol. The highest BCUT2D eigenvalue weighted by atomic mass is 16.2. The molecule has 2 aliphatic heterocycles. The number of nitrogens with zero attached hydrogens (tertiary/aromatic N) is 1. The van der Waals surface area contributed by atoms with Crippen molar-refractivity contribution in [2.75, 3.05) is 6.54 Å². The van der Waals surface area contributed by atoms with Crippen molar-refractivity contribution < 1.29 is 19.2 Å². The van der Waals surface area contributed by atoms with Crippen LogP contribution in [-0.4, -0.2) is 41.1 Å². The average molecular weight is 377 g/mol. The molecule has 2 aliphatic rings. The number of hydrogen-bond donors (Lipinski definition) is 2. The van der Waals surface area contributed by atoms with Crippen molar-refractivity contribution >= 4 is 23.6 Å². The van der Waals surface area contributed by atoms with Crippen LogP contribution < -0.4 is 11.1 Å². The molecule has 142 valence electrons. The first-order valence-electron chi connectivity index (χ1n) is 9.14. The Morgan fingerprint density at radius 2 is 1.61 bits per heavy atom. The topological polar surface area (TPSA) is 110 Å². The number of piperidine rings is 1. The van der Waals surface area contributed by atoms with Crippen LogP contribution in [0.2, 0.25) is 0 Å². The van der Waals surface area contributed by atoms with Crippen LogP contribution in [0.1, 0.15) is 39.1 Å². The summed E-state index contributed by atoms with van der Waals surface area (Å²) in [4.78, 5) is 50.1. The second-order valence-electron chi connectivity index (χ2n) is 6.94. The van der Waals surface area contributed by atoms with Crippen molar-refractivity contribution in [2.24, 2.45) is 5.73 Å². The van der Waals surface area contributed by atoms with Crippen molar-refractivity contribution in [3.05, 3.63) is 59.2 Å². The molecule has 0 bridgehead atoms. The monoisotopic (exact) mass is 377 g/mol. The Morgan fingerprint density at radius 3 is 2.29 bits per heavy atom. The molecule has 0 aromatic heterocycles. The van der Waals surface area contributed by atoms with E-state index >= 15 is 0 Å². The maximum absolute atomic E-state index is 12.9. The number of fused-ring (bicyclic) bond motifs is 1. The maximum atomic E-state index is 12.9. The van der Waals surface area contributed by atoms with E-state index in [0.29, 0.717) is 6.54 Å². The molecule has 0 aliphatic carbocycles. The minimum absolute atomic E-state index is 0.101. The molecule has 1 saturated heterocycles. The van der Waals surface area contributed by atoms with Crippen molar-refractivity contribution in [2.45, 2.75) is 25.3 Å². The van der Waals surface area contributed by atoms with Crippen LogP contribution in [0.25, 0.3) is 11.1 Å². The van der Waals surface area contributed by atoms with Gasteiger partial charge in [-0.3, -0.25) is 29.4 Å². The van der Waals surface area contributed by atoms with E-state index in [-0.39, 0.29) is 24.0 Å². The third-order valence-corrected chi connectivity index (χ3v) is 5.16. The Kier molecular flexibility index (Phi) is 4.52. The van der Waals surface area contributed by atoms with Gasteiger partial charge in [0.15, 0.2) is 0 Å². The fraction of sp³-hybridized carbons (Fsp3) is 0.238. The lowest BCUT2D eigenvalue weighted by Crippen LogP contribution is -2.54. The SMILES string of the molecule is NCCc1ccc(-c2ccc3c(c2)C(=O)N(C2CCC(=O)NC2=O)C3=O)cc1. The van der Waals surface area contributed by atoms with Crippen LogP contribution in [0.15, 0.2) is 42.5 Å². The van der Waals surface area contributed by atoms with Crippen LogP contribution in [-0.2, 0) is 16.0 Å². The van der Waals surface area contributed by atoms with Gasteiger partial charge in [0.25, 0.3) is 11.8 Å². The van der Waals surface area contributed by atoms with Gasteiger partial charge < -0.3 is 5.73 Å². The number of benzene rings is 2. The first kappa shape index (κ1) is 18.1. The molecule has 0 spiro atoms. The molecule has 1 atom stereocenters. The Hall–Kier alpha value is -3.32. The van der Waals surface area contributed by atoms with E-state index in [1.54, 1.807) is 18.2 Å². The first-order chi connectivity index (χ1) is 13.5. The number of nitrogens with two attached hydrogens (primary N) is 1. The van der Waals surface area contributed by atoms with Gasteiger partial charge in [-0.2, -0.15) is 0 Å². The average Bonchev–Trinajstić information content (AvgIpc) is 2.93. The fourth-order valence-corrected chi connectivity index (χ4v) is 3.68. The summed E-state index contributed by atoms with van der Waals surface area (Å²) >= 11 is 0. The number of carbonyl (C=O) groups is 4. The lowest BCUT2D eigenvalue weighted by atomic mass is 9.99. The lowest BCUT2D eigenvalue weighted by molar-refractivity contribution is -0.136. The number of rotatable bonds is 4. The Balaban J connectivity index is 1.64. The van der Waals surface area contributed by atoms with Crippen molar-refractivity contribution in [3.63, 3.8) is 0 Å². The second-order valence-corrected chi connectivity index (χ2v) is 6.94. The summed E-state index contributed by atoms with van der Waals surface area (Å²) in [5, 5.41) is 2.19. The molecule has 2 aromatic rings. The predicted octanol–water partition coefficient (Wildman–Crippen LogP) is 1.26. The van der Waals surface area contributed by atoms with Gasteiger partial charge in [0, 0.05) is 6.42 Å². The normalized spacial score (nSPS) is 19.0. The highest BCUT2D eigenvalue weighted by Crippen LogP contribution is 2.31. The summed E-state index contributed by atoms with van der Waals surface area (Å²) < 4.78 is 0. The summed E-state index contributed by atoms with van der Waals surface area (Å²) in [5.41, 5.74) is 8.98. The Bertz CT molecular complexity index is 997. The highest BCUT2D eigenvalue weighted by molar-refractivity contribution is 6.23. The molecule has 1 unspecified atom stereocenters. The smallest absolute Gasteiger partial charge is 0.262 e. The summed E-state index contributed by atoms with van der Waals surface area (Å²) in [6.45, 7) is 0.574. The van der Waals surface area contributed by atoms with Crippen LogP contribution in [0.5, 0.6) is 0 Å². The molecule has 1 fully saturated rings. The summed E-state index contributed by atoms with van der Waals surface area (Å²) in [5.74, 6) is -2.00. The van der Waals surface area contributed by atoms with E-state index in [2.05, 4.69) is 5.32 Å². The minimum Gasteiger partial charge on any atom is -0.330 e. The molecular weight excluding hydrogens is 358 g/mol. The number of imide groups is 2. The molecule has 7 nitrogen and oxygen atoms in total. The highest BCUT2D eigenvalue weighted by Gasteiger charge is 2.44. The number of hydrogen-bond acceptors (Lipinski definition) is 5. The van der Waals surface area contributed by atoms with Crippen LogP contribution in [0.3, 0.4) is 0 Å². The van der Waals surface area contributed by atoms with Gasteiger partial charge in [-0.15, -0.1) is 0 Å². The molecule has 28 heavy (non-hydrogen) atoms. The molecule has 2 aromatic carbocycles. The zero-order chi connectivity index (χ0) is 19.8. The molecule has 4 rings (SSSR count). The van der Waals surface area contributed by atoms with Gasteiger partial charge in [0.1, 0.15) is 6.04 Å². The van der Waals surface area contributed by atoms with Gasteiger partial charge in [-0.1, -0.05) is 30.3 Å². The van der Waals surface area contributed by atoms with Crippen LogP contribution >= 0.6 is 0 Å². The van der Waals surface area contributed by atoms with E-state index in [1.165, 1.54) is 0 Å². The maximum Gasteiger partial charge on any atom is 0.262 e. The summed E-state index contributed by atoms with van der Waals surface area (Å²) in [6, 6.07) is 12.0. The molecule has 2 heterocycles. The van der Waals surface area contributed by atoms with Gasteiger partial charge in [-0.05, 0) is 48.2 Å². The molecule has 7 heteroatoms. The van der Waals surface area contributed by atoms with Crippen molar-refractivity contribution in [1.29, 1.82) is 0 Å². The number of amides is 4. The van der Waals surface area contributed by atoms with Gasteiger partial charge in [-0.25, -0.2) is 0 Å². The fourth-order valence-electron chi connectivity index (χ4n) is 3.68. The quantitative estimate of drug-likeness (QED) is 0.780. The van der Waals surface area contributed by atoms with Gasteiger partial charge >= 0.3 is 0 Å². The summed E-state index contributed by atoms with van der Waals surface area (Å²) in [6.07, 6.45) is 1.04. The van der Waals surface area contributed by atoms with Gasteiger partial charge in [0.05, 0.1) is 11.1 Å².